The first-order valence-corrected chi connectivity index (χ1v) is 6.73. The lowest BCUT2D eigenvalue weighted by atomic mass is 10.2. The van der Waals surface area contributed by atoms with Gasteiger partial charge in [-0.2, -0.15) is 5.10 Å². The van der Waals surface area contributed by atoms with Crippen LogP contribution in [0, 0.1) is 0 Å². The monoisotopic (exact) mass is 304 g/mol. The minimum Gasteiger partial charge on any atom is -0.264 e. The standard InChI is InChI=1S/C14H10Cl2N4/c15-11-4-1-5-12(14(11)16)20-13(18-9-19-20)7-10-3-2-6-17-8-10/h1-6,8-9H,7H2. The Kier molecular flexibility index (Phi) is 3.67. The third-order valence-electron chi connectivity index (χ3n) is 2.86. The van der Waals surface area contributed by atoms with Gasteiger partial charge >= 0.3 is 0 Å². The van der Waals surface area contributed by atoms with Gasteiger partial charge in [0.05, 0.1) is 15.7 Å². The van der Waals surface area contributed by atoms with E-state index in [9.17, 15) is 0 Å². The average Bonchev–Trinajstić information content (AvgIpc) is 2.91. The van der Waals surface area contributed by atoms with Crippen LogP contribution in [0.1, 0.15) is 11.4 Å². The molecule has 0 saturated heterocycles. The van der Waals surface area contributed by atoms with Crippen LogP contribution in [0.15, 0.2) is 49.1 Å². The summed E-state index contributed by atoms with van der Waals surface area (Å²) in [4.78, 5) is 8.38. The van der Waals surface area contributed by atoms with Crippen LogP contribution in [0.5, 0.6) is 0 Å². The molecule has 0 fully saturated rings. The summed E-state index contributed by atoms with van der Waals surface area (Å²) in [6, 6.07) is 9.31. The van der Waals surface area contributed by atoms with Gasteiger partial charge in [0.1, 0.15) is 12.2 Å². The van der Waals surface area contributed by atoms with Crippen molar-refractivity contribution in [2.45, 2.75) is 6.42 Å². The lowest BCUT2D eigenvalue weighted by Crippen LogP contribution is -2.05. The summed E-state index contributed by atoms with van der Waals surface area (Å²) in [6.07, 6.45) is 5.67. The Bertz CT molecular complexity index is 725. The number of hydrogen-bond acceptors (Lipinski definition) is 3. The summed E-state index contributed by atoms with van der Waals surface area (Å²) in [5, 5.41) is 5.18. The van der Waals surface area contributed by atoms with Crippen LogP contribution in [0.25, 0.3) is 5.69 Å². The highest BCUT2D eigenvalue weighted by molar-refractivity contribution is 6.43. The lowest BCUT2D eigenvalue weighted by molar-refractivity contribution is 0.812. The lowest BCUT2D eigenvalue weighted by Gasteiger charge is -2.08. The Morgan fingerprint density at radius 3 is 2.80 bits per heavy atom. The largest absolute Gasteiger partial charge is 0.264 e. The zero-order valence-electron chi connectivity index (χ0n) is 10.4. The van der Waals surface area contributed by atoms with E-state index in [2.05, 4.69) is 15.1 Å². The van der Waals surface area contributed by atoms with E-state index in [-0.39, 0.29) is 0 Å². The molecule has 0 bridgehead atoms. The van der Waals surface area contributed by atoms with E-state index in [1.807, 2.05) is 24.3 Å². The molecule has 0 saturated carbocycles. The quantitative estimate of drug-likeness (QED) is 0.743. The molecular formula is C14H10Cl2N4. The number of aromatic nitrogens is 4. The van der Waals surface area contributed by atoms with Gasteiger partial charge in [-0.1, -0.05) is 35.3 Å². The highest BCUT2D eigenvalue weighted by Crippen LogP contribution is 2.28. The van der Waals surface area contributed by atoms with Crippen molar-refractivity contribution in [3.05, 3.63) is 70.5 Å². The zero-order valence-corrected chi connectivity index (χ0v) is 11.9. The molecule has 2 heterocycles. The van der Waals surface area contributed by atoms with Crippen molar-refractivity contribution >= 4 is 23.2 Å². The Morgan fingerprint density at radius 1 is 1.10 bits per heavy atom. The van der Waals surface area contributed by atoms with Crippen molar-refractivity contribution in [2.24, 2.45) is 0 Å². The Labute approximate surface area is 126 Å². The van der Waals surface area contributed by atoms with Crippen LogP contribution >= 0.6 is 23.2 Å². The maximum Gasteiger partial charge on any atom is 0.138 e. The molecule has 0 amide bonds. The smallest absolute Gasteiger partial charge is 0.138 e. The maximum atomic E-state index is 6.23. The van der Waals surface area contributed by atoms with Crippen LogP contribution in [0.4, 0.5) is 0 Å². The van der Waals surface area contributed by atoms with Crippen molar-refractivity contribution in [1.29, 1.82) is 0 Å². The molecule has 100 valence electrons. The number of halogens is 2. The molecule has 3 aromatic rings. The molecule has 0 aliphatic carbocycles. The second-order valence-corrected chi connectivity index (χ2v) is 4.98. The molecule has 0 atom stereocenters. The van der Waals surface area contributed by atoms with E-state index in [1.165, 1.54) is 6.33 Å². The van der Waals surface area contributed by atoms with Gasteiger partial charge in [0.15, 0.2) is 0 Å². The van der Waals surface area contributed by atoms with Crippen molar-refractivity contribution < 1.29 is 0 Å². The van der Waals surface area contributed by atoms with Gasteiger partial charge in [0.25, 0.3) is 0 Å². The Morgan fingerprint density at radius 2 is 2.00 bits per heavy atom. The summed E-state index contributed by atoms with van der Waals surface area (Å²) >= 11 is 12.3. The minimum atomic E-state index is 0.465. The Hall–Kier alpha value is -1.91. The Balaban J connectivity index is 2.00. The summed E-state index contributed by atoms with van der Waals surface area (Å²) in [5.74, 6) is 0.780. The molecule has 0 unspecified atom stereocenters. The third-order valence-corrected chi connectivity index (χ3v) is 3.67. The van der Waals surface area contributed by atoms with E-state index >= 15 is 0 Å². The molecule has 0 radical (unpaired) electrons. The third kappa shape index (κ3) is 2.53. The maximum absolute atomic E-state index is 6.23. The molecule has 4 nitrogen and oxygen atoms in total. The van der Waals surface area contributed by atoms with Gasteiger partial charge in [0.2, 0.25) is 0 Å². The summed E-state index contributed by atoms with van der Waals surface area (Å²) in [6.45, 7) is 0. The molecule has 0 spiro atoms. The fourth-order valence-corrected chi connectivity index (χ4v) is 2.30. The first-order chi connectivity index (χ1) is 9.75. The number of nitrogens with zero attached hydrogens (tertiary/aromatic N) is 4. The van der Waals surface area contributed by atoms with E-state index in [1.54, 1.807) is 23.1 Å². The predicted octanol–water partition coefficient (Wildman–Crippen LogP) is 3.56. The van der Waals surface area contributed by atoms with Crippen molar-refractivity contribution in [2.75, 3.05) is 0 Å². The van der Waals surface area contributed by atoms with Crippen LogP contribution in [-0.4, -0.2) is 19.7 Å². The van der Waals surface area contributed by atoms with Gasteiger partial charge < -0.3 is 0 Å². The van der Waals surface area contributed by atoms with Gasteiger partial charge in [0, 0.05) is 18.8 Å². The minimum absolute atomic E-state index is 0.465. The molecule has 3 rings (SSSR count). The van der Waals surface area contributed by atoms with Crippen LogP contribution in [0.2, 0.25) is 10.0 Å². The average molecular weight is 305 g/mol. The summed E-state index contributed by atoms with van der Waals surface area (Å²) in [5.41, 5.74) is 1.77. The van der Waals surface area contributed by atoms with Crippen molar-refractivity contribution in [1.82, 2.24) is 19.7 Å². The molecule has 6 heteroatoms. The molecule has 0 aliphatic rings. The first-order valence-electron chi connectivity index (χ1n) is 5.98. The number of rotatable bonds is 3. The van der Waals surface area contributed by atoms with Crippen LogP contribution < -0.4 is 0 Å². The normalized spacial score (nSPS) is 10.7. The van der Waals surface area contributed by atoms with Crippen molar-refractivity contribution in [3.8, 4) is 5.69 Å². The van der Waals surface area contributed by atoms with E-state index in [4.69, 9.17) is 23.2 Å². The fraction of sp³-hybridized carbons (Fsp3) is 0.0714. The van der Waals surface area contributed by atoms with Gasteiger partial charge in [-0.25, -0.2) is 9.67 Å². The molecular weight excluding hydrogens is 295 g/mol. The second-order valence-electron chi connectivity index (χ2n) is 4.20. The first kappa shape index (κ1) is 13.1. The van der Waals surface area contributed by atoms with Gasteiger partial charge in [-0.05, 0) is 23.8 Å². The van der Waals surface area contributed by atoms with E-state index in [0.717, 1.165) is 17.1 Å². The highest BCUT2D eigenvalue weighted by atomic mass is 35.5. The summed E-state index contributed by atoms with van der Waals surface area (Å²) < 4.78 is 1.70. The molecule has 20 heavy (non-hydrogen) atoms. The van der Waals surface area contributed by atoms with E-state index in [0.29, 0.717) is 16.5 Å². The molecule has 2 aromatic heterocycles. The van der Waals surface area contributed by atoms with Gasteiger partial charge in [-0.3, -0.25) is 4.98 Å². The highest BCUT2D eigenvalue weighted by Gasteiger charge is 2.12. The summed E-state index contributed by atoms with van der Waals surface area (Å²) in [7, 11) is 0. The van der Waals surface area contributed by atoms with Crippen LogP contribution in [0.3, 0.4) is 0 Å². The van der Waals surface area contributed by atoms with E-state index < -0.39 is 0 Å². The van der Waals surface area contributed by atoms with Crippen LogP contribution in [-0.2, 0) is 6.42 Å². The van der Waals surface area contributed by atoms with Gasteiger partial charge in [-0.15, -0.1) is 0 Å². The molecule has 0 aliphatic heterocycles. The van der Waals surface area contributed by atoms with Crippen molar-refractivity contribution in [3.63, 3.8) is 0 Å². The number of benzene rings is 1. The number of pyridine rings is 1. The second kappa shape index (κ2) is 5.61. The fourth-order valence-electron chi connectivity index (χ4n) is 1.93. The predicted molar refractivity (Wildman–Crippen MR) is 78.4 cm³/mol. The molecule has 0 N–H and O–H groups in total. The topological polar surface area (TPSA) is 43.6 Å². The zero-order chi connectivity index (χ0) is 13.9. The SMILES string of the molecule is Clc1cccc(-n2ncnc2Cc2cccnc2)c1Cl. The molecule has 1 aromatic carbocycles. The number of hydrogen-bond donors (Lipinski definition) is 0.